The van der Waals surface area contributed by atoms with Gasteiger partial charge in [0.15, 0.2) is 0 Å². The average molecular weight is 375 g/mol. The number of hydrogen-bond acceptors (Lipinski definition) is 4. The third-order valence-corrected chi connectivity index (χ3v) is 2.66. The Morgan fingerprint density at radius 3 is 1.50 bits per heavy atom. The standard InChI is InChI=1S/C15H11N3O.2ClH.Mn/c19-11-9-14(12-5-1-3-7-16-12)18-15(10-11)13-6-2-4-8-17-13;;;/h1-10H,(H,18,19);2*1H;/q;;;+2/p-2. The molecule has 0 bridgehead atoms. The summed E-state index contributed by atoms with van der Waals surface area (Å²) >= 11 is 0. The van der Waals surface area contributed by atoms with Gasteiger partial charge in [0.1, 0.15) is 5.75 Å². The van der Waals surface area contributed by atoms with Gasteiger partial charge in [-0.3, -0.25) is 9.97 Å². The largest absolute Gasteiger partial charge is 2.00 e. The van der Waals surface area contributed by atoms with E-state index in [1.54, 1.807) is 24.5 Å². The molecule has 4 nitrogen and oxygen atoms in total. The summed E-state index contributed by atoms with van der Waals surface area (Å²) in [5, 5.41) is 9.82. The van der Waals surface area contributed by atoms with Gasteiger partial charge in [0, 0.05) is 24.5 Å². The molecule has 0 amide bonds. The Hall–Kier alpha value is -1.65. The Bertz CT molecular complexity index is 642. The minimum absolute atomic E-state index is 0. The second kappa shape index (κ2) is 9.38. The molecule has 0 aliphatic rings. The minimum Gasteiger partial charge on any atom is -1.00 e. The molecule has 0 aliphatic carbocycles. The van der Waals surface area contributed by atoms with Crippen molar-refractivity contribution in [3.05, 3.63) is 60.9 Å². The topological polar surface area (TPSA) is 58.9 Å². The van der Waals surface area contributed by atoms with Crippen molar-refractivity contribution in [1.29, 1.82) is 0 Å². The molecule has 7 heteroatoms. The smallest absolute Gasteiger partial charge is 1.00 e. The number of pyridine rings is 3. The zero-order chi connectivity index (χ0) is 13.1. The molecular weight excluding hydrogens is 364 g/mol. The van der Waals surface area contributed by atoms with Gasteiger partial charge in [-0.15, -0.1) is 0 Å². The predicted octanol–water partition coefficient (Wildman–Crippen LogP) is -3.08. The van der Waals surface area contributed by atoms with Gasteiger partial charge >= 0.3 is 17.1 Å². The molecule has 3 heterocycles. The number of halogens is 2. The molecule has 0 atom stereocenters. The van der Waals surface area contributed by atoms with E-state index in [2.05, 4.69) is 15.0 Å². The van der Waals surface area contributed by atoms with Crippen molar-refractivity contribution < 1.29 is 47.0 Å². The maximum absolute atomic E-state index is 9.82. The normalized spacial score (nSPS) is 8.91. The van der Waals surface area contributed by atoms with Crippen LogP contribution in [-0.4, -0.2) is 20.1 Å². The fourth-order valence-electron chi connectivity index (χ4n) is 1.81. The Balaban J connectivity index is 0.00000147. The van der Waals surface area contributed by atoms with E-state index in [-0.39, 0.29) is 47.6 Å². The summed E-state index contributed by atoms with van der Waals surface area (Å²) in [6, 6.07) is 14.3. The van der Waals surface area contributed by atoms with Crippen molar-refractivity contribution in [2.24, 2.45) is 0 Å². The molecule has 0 fully saturated rings. The summed E-state index contributed by atoms with van der Waals surface area (Å²) < 4.78 is 0. The van der Waals surface area contributed by atoms with Crippen LogP contribution in [0.4, 0.5) is 0 Å². The summed E-state index contributed by atoms with van der Waals surface area (Å²) in [6.07, 6.45) is 3.39. The number of aromatic hydroxyl groups is 1. The summed E-state index contributed by atoms with van der Waals surface area (Å²) in [5.74, 6) is 0.149. The van der Waals surface area contributed by atoms with Crippen molar-refractivity contribution >= 4 is 0 Å². The van der Waals surface area contributed by atoms with Crippen LogP contribution >= 0.6 is 0 Å². The van der Waals surface area contributed by atoms with Crippen molar-refractivity contribution in [2.45, 2.75) is 0 Å². The van der Waals surface area contributed by atoms with Gasteiger partial charge in [0.05, 0.1) is 22.8 Å². The SMILES string of the molecule is Oc1cc(-c2ccccn2)nc(-c2ccccn2)c1.[Cl-].[Cl-].[Mn+2]. The number of aromatic nitrogens is 3. The van der Waals surface area contributed by atoms with Crippen LogP contribution in [0.1, 0.15) is 0 Å². The van der Waals surface area contributed by atoms with E-state index >= 15 is 0 Å². The van der Waals surface area contributed by atoms with E-state index < -0.39 is 0 Å². The molecule has 3 rings (SSSR count). The molecule has 0 saturated heterocycles. The summed E-state index contributed by atoms with van der Waals surface area (Å²) in [6.45, 7) is 0. The molecule has 0 aliphatic heterocycles. The van der Waals surface area contributed by atoms with Crippen LogP contribution in [0.3, 0.4) is 0 Å². The molecule has 0 saturated carbocycles. The van der Waals surface area contributed by atoms with Crippen LogP contribution in [0.2, 0.25) is 0 Å². The predicted molar refractivity (Wildman–Crippen MR) is 72.4 cm³/mol. The second-order valence-electron chi connectivity index (χ2n) is 4.03. The molecule has 1 radical (unpaired) electrons. The molecule has 113 valence electrons. The van der Waals surface area contributed by atoms with E-state index in [4.69, 9.17) is 0 Å². The van der Waals surface area contributed by atoms with Gasteiger partial charge in [-0.25, -0.2) is 4.98 Å². The second-order valence-corrected chi connectivity index (χ2v) is 4.03. The van der Waals surface area contributed by atoms with Crippen LogP contribution in [0.5, 0.6) is 5.75 Å². The van der Waals surface area contributed by atoms with Crippen molar-refractivity contribution in [3.8, 4) is 28.5 Å². The van der Waals surface area contributed by atoms with E-state index in [9.17, 15) is 5.11 Å². The van der Waals surface area contributed by atoms with Crippen molar-refractivity contribution in [1.82, 2.24) is 15.0 Å². The summed E-state index contributed by atoms with van der Waals surface area (Å²) in [4.78, 5) is 13.0. The van der Waals surface area contributed by atoms with Gasteiger partial charge in [0.2, 0.25) is 0 Å². The first-order valence-electron chi connectivity index (χ1n) is 5.87. The van der Waals surface area contributed by atoms with E-state index in [1.165, 1.54) is 0 Å². The monoisotopic (exact) mass is 374 g/mol. The van der Waals surface area contributed by atoms with Gasteiger partial charge in [0.25, 0.3) is 0 Å². The maximum Gasteiger partial charge on any atom is 2.00 e. The van der Waals surface area contributed by atoms with E-state index in [0.717, 1.165) is 11.4 Å². The van der Waals surface area contributed by atoms with Gasteiger partial charge < -0.3 is 29.9 Å². The summed E-state index contributed by atoms with van der Waals surface area (Å²) in [7, 11) is 0. The minimum atomic E-state index is 0. The van der Waals surface area contributed by atoms with Gasteiger partial charge in [-0.05, 0) is 24.3 Å². The van der Waals surface area contributed by atoms with Crippen LogP contribution in [0.15, 0.2) is 60.9 Å². The average Bonchev–Trinajstić information content (AvgIpc) is 2.48. The van der Waals surface area contributed by atoms with Crippen molar-refractivity contribution in [2.75, 3.05) is 0 Å². The number of hydrogen-bond donors (Lipinski definition) is 1. The zero-order valence-corrected chi connectivity index (χ0v) is 13.9. The Labute approximate surface area is 151 Å². The van der Waals surface area contributed by atoms with Crippen LogP contribution in [0.25, 0.3) is 22.8 Å². The third kappa shape index (κ3) is 4.68. The maximum atomic E-state index is 9.82. The Morgan fingerprint density at radius 2 is 1.14 bits per heavy atom. The Morgan fingerprint density at radius 1 is 0.682 bits per heavy atom. The first kappa shape index (κ1) is 20.3. The fourth-order valence-corrected chi connectivity index (χ4v) is 1.81. The third-order valence-electron chi connectivity index (χ3n) is 2.66. The Kier molecular flexibility index (Phi) is 8.68. The van der Waals surface area contributed by atoms with E-state index in [0.29, 0.717) is 11.4 Å². The molecule has 1 N–H and O–H groups in total. The molecule has 0 aromatic carbocycles. The number of rotatable bonds is 2. The van der Waals surface area contributed by atoms with Gasteiger partial charge in [-0.1, -0.05) is 12.1 Å². The van der Waals surface area contributed by atoms with Crippen LogP contribution in [-0.2, 0) is 17.1 Å². The quantitative estimate of drug-likeness (QED) is 0.483. The first-order chi connectivity index (χ1) is 9.33. The van der Waals surface area contributed by atoms with Gasteiger partial charge in [-0.2, -0.15) is 0 Å². The first-order valence-corrected chi connectivity index (χ1v) is 5.87. The van der Waals surface area contributed by atoms with Crippen molar-refractivity contribution in [3.63, 3.8) is 0 Å². The van der Waals surface area contributed by atoms with E-state index in [1.807, 2.05) is 36.4 Å². The zero-order valence-electron chi connectivity index (χ0n) is 11.2. The summed E-state index contributed by atoms with van der Waals surface area (Å²) in [5.41, 5.74) is 2.69. The molecule has 3 aromatic heterocycles. The van der Waals surface area contributed by atoms with Crippen LogP contribution in [0, 0.1) is 0 Å². The molecule has 22 heavy (non-hydrogen) atoms. The molecular formula is C15H11Cl2MnN3O. The molecule has 3 aromatic rings. The fraction of sp³-hybridized carbons (Fsp3) is 0. The molecule has 0 unspecified atom stereocenters. The molecule has 0 spiro atoms. The number of nitrogens with zero attached hydrogens (tertiary/aromatic N) is 3. The van der Waals surface area contributed by atoms with Crippen LogP contribution < -0.4 is 24.8 Å².